The van der Waals surface area contributed by atoms with Crippen LogP contribution in [0.4, 0.5) is 0 Å². The van der Waals surface area contributed by atoms with Crippen molar-refractivity contribution in [2.45, 2.75) is 63.3 Å². The fourth-order valence-electron chi connectivity index (χ4n) is 3.71. The van der Waals surface area contributed by atoms with Gasteiger partial charge < -0.3 is 41.3 Å². The molecule has 0 spiro atoms. The molecule has 11 heteroatoms. The lowest BCUT2D eigenvalue weighted by Crippen LogP contribution is -2.59. The summed E-state index contributed by atoms with van der Waals surface area (Å²) >= 11 is 0. The normalized spacial score (nSPS) is 17.5. The number of esters is 1. The fourth-order valence-corrected chi connectivity index (χ4v) is 3.71. The minimum atomic E-state index is -1.37. The summed E-state index contributed by atoms with van der Waals surface area (Å²) in [4.78, 5) is 34.9. The Bertz CT molecular complexity index is 839. The van der Waals surface area contributed by atoms with Gasteiger partial charge in [-0.05, 0) is 45.9 Å². The van der Waals surface area contributed by atoms with E-state index in [1.807, 2.05) is 27.7 Å². The van der Waals surface area contributed by atoms with E-state index in [2.05, 4.69) is 5.32 Å². The number of aliphatic hydroxyl groups excluding tert-OH is 3. The minimum absolute atomic E-state index is 0.147. The van der Waals surface area contributed by atoms with Crippen LogP contribution < -0.4 is 11.1 Å². The van der Waals surface area contributed by atoms with Crippen molar-refractivity contribution in [2.75, 3.05) is 19.8 Å². The van der Waals surface area contributed by atoms with E-state index in [9.17, 15) is 19.5 Å². The largest absolute Gasteiger partial charge is 0.478 e. The van der Waals surface area contributed by atoms with Crippen LogP contribution in [0, 0.1) is 0 Å². The van der Waals surface area contributed by atoms with Gasteiger partial charge in [0.15, 0.2) is 0 Å². The topological polar surface area (TPSA) is 200 Å². The number of aliphatic hydroxyl groups is 3. The number of hydrogen-bond acceptors (Lipinski definition) is 9. The maximum Gasteiger partial charge on any atom is 0.339 e. The van der Waals surface area contributed by atoms with Gasteiger partial charge in [-0.25, -0.2) is 14.4 Å². The van der Waals surface area contributed by atoms with Gasteiger partial charge in [-0.3, -0.25) is 0 Å². The van der Waals surface area contributed by atoms with Crippen molar-refractivity contribution < 1.29 is 44.7 Å². The maximum absolute atomic E-state index is 12.5. The van der Waals surface area contributed by atoms with Crippen LogP contribution in [-0.2, 0) is 4.74 Å². The monoisotopic (exact) mass is 470 g/mol. The van der Waals surface area contributed by atoms with E-state index in [-0.39, 0.29) is 33.9 Å². The number of hydrogen-bond donors (Lipinski definition) is 7. The second kappa shape index (κ2) is 11.0. The molecule has 1 aromatic carbocycles. The second-order valence-corrected chi connectivity index (χ2v) is 9.54. The Morgan fingerprint density at radius 1 is 0.970 bits per heavy atom. The summed E-state index contributed by atoms with van der Waals surface area (Å²) < 4.78 is 5.55. The van der Waals surface area contributed by atoms with Crippen LogP contribution in [0.3, 0.4) is 0 Å². The third-order valence-corrected chi connectivity index (χ3v) is 5.09. The standard InChI is InChI=1S/C18H23NO6.C4H11NO3/c1-17(2)8-11(9-18(3,4)19-17)25-16(24)12-6-5-10(14(20)21)7-13(12)15(22)23;5-4(1-6,2-7)3-8/h5-7,11,19H,8-9H2,1-4H3,(H,20,21)(H,22,23);6-8H,1-3,5H2. The molecule has 0 bridgehead atoms. The number of carboxylic acid groups (broad SMARTS) is 2. The Hall–Kier alpha value is -2.57. The van der Waals surface area contributed by atoms with E-state index in [1.165, 1.54) is 12.1 Å². The first-order chi connectivity index (χ1) is 15.1. The van der Waals surface area contributed by atoms with Crippen molar-refractivity contribution in [1.29, 1.82) is 0 Å². The number of rotatable bonds is 7. The van der Waals surface area contributed by atoms with Crippen LogP contribution in [0.1, 0.15) is 71.6 Å². The zero-order valence-electron chi connectivity index (χ0n) is 19.3. The summed E-state index contributed by atoms with van der Waals surface area (Å²) in [6, 6.07) is 3.35. The number of ether oxygens (including phenoxy) is 1. The lowest BCUT2D eigenvalue weighted by molar-refractivity contribution is -0.00667. The number of carbonyl (C=O) groups is 3. The number of carbonyl (C=O) groups excluding carboxylic acids is 1. The van der Waals surface area contributed by atoms with Gasteiger partial charge in [0.25, 0.3) is 0 Å². The molecule has 0 aliphatic carbocycles. The van der Waals surface area contributed by atoms with Gasteiger partial charge in [-0.2, -0.15) is 0 Å². The minimum Gasteiger partial charge on any atom is -0.478 e. The lowest BCUT2D eigenvalue weighted by atomic mass is 9.81. The predicted octanol–water partition coefficient (Wildman–Crippen LogP) is 0.210. The molecule has 0 saturated carbocycles. The molecule has 0 unspecified atom stereocenters. The molecule has 11 nitrogen and oxygen atoms in total. The van der Waals surface area contributed by atoms with Gasteiger partial charge in [0, 0.05) is 23.9 Å². The van der Waals surface area contributed by atoms with Gasteiger partial charge in [0.2, 0.25) is 0 Å². The quantitative estimate of drug-likeness (QED) is 0.269. The Morgan fingerprint density at radius 2 is 1.45 bits per heavy atom. The summed E-state index contributed by atoms with van der Waals surface area (Å²) in [6.07, 6.45) is 0.829. The van der Waals surface area contributed by atoms with Gasteiger partial charge in [0.05, 0.1) is 42.0 Å². The van der Waals surface area contributed by atoms with E-state index < -0.39 is 43.3 Å². The van der Waals surface area contributed by atoms with Crippen LogP contribution >= 0.6 is 0 Å². The van der Waals surface area contributed by atoms with Gasteiger partial charge in [0.1, 0.15) is 6.10 Å². The van der Waals surface area contributed by atoms with Crippen LogP contribution in [-0.4, -0.2) is 86.0 Å². The third kappa shape index (κ3) is 8.37. The summed E-state index contributed by atoms with van der Waals surface area (Å²) in [6.45, 7) is 6.84. The average Bonchev–Trinajstić information content (AvgIpc) is 2.70. The van der Waals surface area contributed by atoms with Gasteiger partial charge >= 0.3 is 17.9 Å². The van der Waals surface area contributed by atoms with E-state index in [4.69, 9.17) is 30.9 Å². The summed E-state index contributed by atoms with van der Waals surface area (Å²) in [7, 11) is 0. The molecule has 33 heavy (non-hydrogen) atoms. The van der Waals surface area contributed by atoms with Crippen molar-refractivity contribution >= 4 is 17.9 Å². The second-order valence-electron chi connectivity index (χ2n) is 9.54. The molecule has 1 aromatic rings. The number of aromatic carboxylic acids is 2. The molecule has 1 aliphatic rings. The van der Waals surface area contributed by atoms with Crippen molar-refractivity contribution in [3.63, 3.8) is 0 Å². The van der Waals surface area contributed by atoms with E-state index in [1.54, 1.807) is 0 Å². The van der Waals surface area contributed by atoms with Gasteiger partial charge in [-0.15, -0.1) is 0 Å². The van der Waals surface area contributed by atoms with Crippen molar-refractivity contribution in [2.24, 2.45) is 5.73 Å². The molecule has 0 aromatic heterocycles. The first-order valence-corrected chi connectivity index (χ1v) is 10.3. The molecular formula is C22H34N2O9. The van der Waals surface area contributed by atoms with Crippen molar-refractivity contribution in [3.8, 4) is 0 Å². The summed E-state index contributed by atoms with van der Waals surface area (Å²) in [5, 5.41) is 46.8. The SMILES string of the molecule is CC1(C)CC(OC(=O)c2ccc(C(=O)O)cc2C(=O)O)CC(C)(C)N1.NC(CO)(CO)CO. The molecule has 0 atom stereocenters. The Kier molecular flexibility index (Phi) is 9.52. The molecule has 186 valence electrons. The van der Waals surface area contributed by atoms with Crippen LogP contribution in [0.25, 0.3) is 0 Å². The molecule has 0 amide bonds. The predicted molar refractivity (Wildman–Crippen MR) is 118 cm³/mol. The highest BCUT2D eigenvalue weighted by atomic mass is 16.5. The van der Waals surface area contributed by atoms with Crippen LogP contribution in [0.5, 0.6) is 0 Å². The van der Waals surface area contributed by atoms with E-state index in [0.29, 0.717) is 12.8 Å². The summed E-state index contributed by atoms with van der Waals surface area (Å²) in [5.41, 5.74) is 2.76. The molecular weight excluding hydrogens is 436 g/mol. The van der Waals surface area contributed by atoms with Crippen LogP contribution in [0.15, 0.2) is 18.2 Å². The molecule has 1 heterocycles. The Labute approximate surface area is 192 Å². The van der Waals surface area contributed by atoms with Crippen molar-refractivity contribution in [1.82, 2.24) is 5.32 Å². The number of carboxylic acids is 2. The molecule has 0 radical (unpaired) electrons. The number of piperidine rings is 1. The van der Waals surface area contributed by atoms with Gasteiger partial charge in [-0.1, -0.05) is 0 Å². The fraction of sp³-hybridized carbons (Fsp3) is 0.591. The lowest BCUT2D eigenvalue weighted by Gasteiger charge is -2.45. The number of benzene rings is 1. The molecule has 1 saturated heterocycles. The third-order valence-electron chi connectivity index (χ3n) is 5.09. The first kappa shape index (κ1) is 28.5. The highest BCUT2D eigenvalue weighted by Crippen LogP contribution is 2.31. The van der Waals surface area contributed by atoms with Crippen LogP contribution in [0.2, 0.25) is 0 Å². The Morgan fingerprint density at radius 3 is 1.82 bits per heavy atom. The Balaban J connectivity index is 0.000000582. The molecule has 1 aliphatic heterocycles. The maximum atomic E-state index is 12.5. The van der Waals surface area contributed by atoms with Crippen molar-refractivity contribution in [3.05, 3.63) is 34.9 Å². The highest BCUT2D eigenvalue weighted by Gasteiger charge is 2.39. The van der Waals surface area contributed by atoms with E-state index >= 15 is 0 Å². The zero-order valence-corrected chi connectivity index (χ0v) is 19.3. The summed E-state index contributed by atoms with van der Waals surface area (Å²) in [5.74, 6) is -3.39. The van der Waals surface area contributed by atoms with E-state index in [0.717, 1.165) is 6.07 Å². The first-order valence-electron chi connectivity index (χ1n) is 10.3. The average molecular weight is 471 g/mol. The highest BCUT2D eigenvalue weighted by molar-refractivity contribution is 6.04. The molecule has 1 fully saturated rings. The zero-order chi connectivity index (χ0) is 25.6. The smallest absolute Gasteiger partial charge is 0.339 e. The molecule has 2 rings (SSSR count). The number of nitrogens with one attached hydrogen (secondary N) is 1. The number of nitrogens with two attached hydrogens (primary N) is 1. The molecule has 8 N–H and O–H groups in total.